The summed E-state index contributed by atoms with van der Waals surface area (Å²) in [4.78, 5) is 38.1. The number of nitrogens with zero attached hydrogens (tertiary/aromatic N) is 8. The van der Waals surface area contributed by atoms with Gasteiger partial charge >= 0.3 is 33.6 Å². The molecule has 4 aliphatic heterocycles. The summed E-state index contributed by atoms with van der Waals surface area (Å²) >= 11 is 0. The number of allylic oxidation sites excluding steroid dienone is 8. The van der Waals surface area contributed by atoms with Crippen LogP contribution in [-0.4, -0.2) is 23.9 Å². The zero-order chi connectivity index (χ0) is 50.6. The van der Waals surface area contributed by atoms with Crippen LogP contribution in [0.4, 0.5) is 0 Å². The van der Waals surface area contributed by atoms with Crippen LogP contribution in [0.3, 0.4) is 0 Å². The summed E-state index contributed by atoms with van der Waals surface area (Å²) < 4.78 is 0. The average Bonchev–Trinajstić information content (AvgIpc) is 4.22. The van der Waals surface area contributed by atoms with Gasteiger partial charge in [-0.05, 0) is 178 Å². The van der Waals surface area contributed by atoms with Gasteiger partial charge in [0.1, 0.15) is 0 Å². The molecule has 4 aromatic rings. The van der Waals surface area contributed by atoms with E-state index < -0.39 is 0 Å². The van der Waals surface area contributed by atoms with Gasteiger partial charge in [0.05, 0.1) is 22.8 Å². The molecule has 0 saturated carbocycles. The van der Waals surface area contributed by atoms with Gasteiger partial charge in [-0.25, -0.2) is 0 Å². The van der Waals surface area contributed by atoms with Crippen molar-refractivity contribution in [2.45, 2.75) is 175 Å². The molecule has 4 aromatic heterocycles. The summed E-state index contributed by atoms with van der Waals surface area (Å²) in [6.07, 6.45) is 26.8. The van der Waals surface area contributed by atoms with Crippen LogP contribution in [0.25, 0.3) is 24.3 Å². The van der Waals surface area contributed by atoms with E-state index in [9.17, 15) is 0 Å². The molecule has 382 valence electrons. The van der Waals surface area contributed by atoms with Gasteiger partial charge < -0.3 is 19.9 Å². The molecule has 0 spiro atoms. The molecule has 8 heterocycles. The van der Waals surface area contributed by atoms with Gasteiger partial charge in [0, 0.05) is 23.9 Å². The van der Waals surface area contributed by atoms with Gasteiger partial charge in [-0.1, -0.05) is 110 Å². The molecule has 0 aromatic carbocycles. The van der Waals surface area contributed by atoms with E-state index in [1.165, 1.54) is 89.1 Å². The molecular formula is C62H76Co2N8. The summed E-state index contributed by atoms with van der Waals surface area (Å²) in [7, 11) is 0. The standard InChI is InChI=1S/2C31H38N4.2Co/c2*1-9-24-18(3)16-32-30(24)14-28-20(5)26(22(7)34-28)12-11-13-27-21(6)29(35-23(27)8)15-31-25(10-2)19(4)17-33-31;;/h2*14-17H,9-13H2,1-8H3;;/q2*-2;2*+2/b2*28-14-,31-15+;;. The van der Waals surface area contributed by atoms with Crippen molar-refractivity contribution >= 4 is 48.2 Å². The zero-order valence-electron chi connectivity index (χ0n) is 45.9. The zero-order valence-corrected chi connectivity index (χ0v) is 48.0. The molecule has 0 saturated heterocycles. The fourth-order valence-corrected chi connectivity index (χ4v) is 10.9. The van der Waals surface area contributed by atoms with Crippen LogP contribution in [0.5, 0.6) is 0 Å². The van der Waals surface area contributed by atoms with Crippen LogP contribution in [0.1, 0.15) is 186 Å². The Labute approximate surface area is 452 Å². The smallest absolute Gasteiger partial charge is 0.664 e. The van der Waals surface area contributed by atoms with E-state index in [-0.39, 0.29) is 33.6 Å². The summed E-state index contributed by atoms with van der Waals surface area (Å²) in [5.41, 5.74) is 34.1. The normalized spacial score (nSPS) is 17.7. The Kier molecular flexibility index (Phi) is 20.1. The molecule has 10 heteroatoms. The van der Waals surface area contributed by atoms with Crippen molar-refractivity contribution in [1.29, 1.82) is 0 Å². The largest absolute Gasteiger partial charge is 2.00 e. The molecule has 8 rings (SSSR count). The average molecular weight is 1050 g/mol. The molecule has 0 unspecified atom stereocenters. The van der Waals surface area contributed by atoms with E-state index in [1.807, 2.05) is 24.8 Å². The number of aliphatic imine (C=N–C) groups is 4. The molecular weight excluding hydrogens is 975 g/mol. The van der Waals surface area contributed by atoms with E-state index in [0.717, 1.165) is 133 Å². The molecule has 2 radical (unpaired) electrons. The SMILES string of the molecule is CCC1=C(C)C=N/C1=C/c1[n-]c(C)c(CCCC2=C(C)/C(=C/c3[n-]cc(C)c3CC)N=C2C)c1C.CCC1=C(C)C=N/C1=C/c1[n-]c(C)c(CCCC2=C(C)/C(=C/c3[n-]cc(C)c3CC)N=C2C)c1C.[Co+2].[Co+2]. The quantitative estimate of drug-likeness (QED) is 0.111. The minimum atomic E-state index is 0. The second-order valence-corrected chi connectivity index (χ2v) is 19.7. The minimum absolute atomic E-state index is 0. The van der Waals surface area contributed by atoms with Crippen LogP contribution in [0, 0.1) is 41.5 Å². The van der Waals surface area contributed by atoms with Crippen molar-refractivity contribution < 1.29 is 33.6 Å². The molecule has 4 aliphatic rings. The Morgan fingerprint density at radius 3 is 1.12 bits per heavy atom. The molecule has 0 N–H and O–H groups in total. The van der Waals surface area contributed by atoms with Crippen LogP contribution in [0.15, 0.2) is 99.7 Å². The van der Waals surface area contributed by atoms with Crippen LogP contribution < -0.4 is 19.9 Å². The van der Waals surface area contributed by atoms with Crippen molar-refractivity contribution in [2.75, 3.05) is 0 Å². The Hall–Kier alpha value is -5.27. The molecule has 0 amide bonds. The summed E-state index contributed by atoms with van der Waals surface area (Å²) in [6.45, 7) is 34.7. The monoisotopic (exact) mass is 1050 g/mol. The first-order valence-electron chi connectivity index (χ1n) is 25.8. The summed E-state index contributed by atoms with van der Waals surface area (Å²) in [5, 5.41) is 0. The van der Waals surface area contributed by atoms with Crippen LogP contribution in [-0.2, 0) is 59.2 Å². The third kappa shape index (κ3) is 12.2. The Balaban J connectivity index is 0.000000260. The fourth-order valence-electron chi connectivity index (χ4n) is 10.9. The first-order chi connectivity index (χ1) is 33.5. The van der Waals surface area contributed by atoms with Crippen molar-refractivity contribution in [3.8, 4) is 0 Å². The van der Waals surface area contributed by atoms with Crippen LogP contribution >= 0.6 is 0 Å². The number of aryl methyl sites for hydroxylation is 4. The van der Waals surface area contributed by atoms with Gasteiger partial charge in [0.2, 0.25) is 0 Å². The minimum Gasteiger partial charge on any atom is -0.664 e. The van der Waals surface area contributed by atoms with Gasteiger partial charge in [0.15, 0.2) is 0 Å². The molecule has 72 heavy (non-hydrogen) atoms. The predicted octanol–water partition coefficient (Wildman–Crippen LogP) is 14.8. The first-order valence-corrected chi connectivity index (χ1v) is 25.8. The maximum absolute atomic E-state index is 4.90. The van der Waals surface area contributed by atoms with E-state index >= 15 is 0 Å². The third-order valence-corrected chi connectivity index (χ3v) is 15.2. The second-order valence-electron chi connectivity index (χ2n) is 19.7. The molecule has 8 nitrogen and oxygen atoms in total. The second kappa shape index (κ2) is 25.1. The topological polar surface area (TPSA) is 106 Å². The Morgan fingerprint density at radius 1 is 0.417 bits per heavy atom. The third-order valence-electron chi connectivity index (χ3n) is 15.2. The van der Waals surface area contributed by atoms with E-state index in [2.05, 4.69) is 155 Å². The van der Waals surface area contributed by atoms with Crippen molar-refractivity contribution in [3.05, 3.63) is 158 Å². The van der Waals surface area contributed by atoms with Crippen molar-refractivity contribution in [1.82, 2.24) is 19.9 Å². The Morgan fingerprint density at radius 2 is 0.778 bits per heavy atom. The van der Waals surface area contributed by atoms with Gasteiger partial charge in [-0.3, -0.25) is 20.0 Å². The number of hydrogen-bond acceptors (Lipinski definition) is 4. The van der Waals surface area contributed by atoms with Crippen LogP contribution in [0.2, 0.25) is 0 Å². The van der Waals surface area contributed by atoms with E-state index in [0.29, 0.717) is 0 Å². The maximum Gasteiger partial charge on any atom is 2.00 e. The summed E-state index contributed by atoms with van der Waals surface area (Å²) in [5.74, 6) is 0. The predicted molar refractivity (Wildman–Crippen MR) is 299 cm³/mol. The Bertz CT molecular complexity index is 2880. The number of aromatic nitrogens is 4. The van der Waals surface area contributed by atoms with E-state index in [4.69, 9.17) is 20.0 Å². The molecule has 0 bridgehead atoms. The maximum atomic E-state index is 4.90. The van der Waals surface area contributed by atoms with Gasteiger partial charge in [-0.2, -0.15) is 23.8 Å². The molecule has 0 aliphatic carbocycles. The van der Waals surface area contributed by atoms with Gasteiger partial charge in [-0.15, -0.1) is 22.8 Å². The molecule has 0 atom stereocenters. The summed E-state index contributed by atoms with van der Waals surface area (Å²) in [6, 6.07) is 0. The molecule has 0 fully saturated rings. The first kappa shape index (κ1) is 57.6. The number of hydrogen-bond donors (Lipinski definition) is 0. The van der Waals surface area contributed by atoms with Gasteiger partial charge in [0.25, 0.3) is 0 Å². The number of rotatable bonds is 16. The van der Waals surface area contributed by atoms with E-state index in [1.54, 1.807) is 0 Å². The fraction of sp³-hybridized carbons (Fsp3) is 0.419. The van der Waals surface area contributed by atoms with Crippen molar-refractivity contribution in [3.63, 3.8) is 0 Å². The van der Waals surface area contributed by atoms with Crippen molar-refractivity contribution in [2.24, 2.45) is 20.0 Å².